The zero-order valence-corrected chi connectivity index (χ0v) is 18.1. The van der Waals surface area contributed by atoms with Crippen LogP contribution in [0.25, 0.3) is 11.4 Å². The number of carbonyl (C=O) groups excluding carboxylic acids is 1. The molecule has 0 spiro atoms. The van der Waals surface area contributed by atoms with Crippen LogP contribution in [0.2, 0.25) is 0 Å². The maximum Gasteiger partial charge on any atom is 0.253 e. The lowest BCUT2D eigenvalue weighted by Crippen LogP contribution is -2.33. The van der Waals surface area contributed by atoms with Gasteiger partial charge in [-0.2, -0.15) is 0 Å². The van der Waals surface area contributed by atoms with E-state index in [-0.39, 0.29) is 24.2 Å². The number of rotatable bonds is 6. The molecule has 9 nitrogen and oxygen atoms in total. The highest BCUT2D eigenvalue weighted by Gasteiger charge is 2.22. The number of aromatic nitrogens is 4. The van der Waals surface area contributed by atoms with Gasteiger partial charge in [0.25, 0.3) is 5.91 Å². The number of aromatic amines is 1. The lowest BCUT2D eigenvalue weighted by Gasteiger charge is -2.33. The largest absolute Gasteiger partial charge is 0.396 e. The topological polar surface area (TPSA) is 119 Å². The van der Waals surface area contributed by atoms with Crippen LogP contribution >= 0.6 is 0 Å². The number of hydrogen-bond acceptors (Lipinski definition) is 7. The van der Waals surface area contributed by atoms with Crippen LogP contribution in [0, 0.1) is 11.7 Å². The average molecular weight is 452 g/mol. The minimum absolute atomic E-state index is 0.0945. The number of nitrogens with zero attached hydrogens (tertiary/aromatic N) is 4. The Morgan fingerprint density at radius 3 is 2.79 bits per heavy atom. The summed E-state index contributed by atoms with van der Waals surface area (Å²) in [6.45, 7) is 2.69. The van der Waals surface area contributed by atoms with Gasteiger partial charge >= 0.3 is 0 Å². The van der Waals surface area contributed by atoms with Crippen LogP contribution in [-0.2, 0) is 6.42 Å². The number of piperidine rings is 1. The van der Waals surface area contributed by atoms with Gasteiger partial charge in [-0.1, -0.05) is 0 Å². The van der Waals surface area contributed by atoms with Gasteiger partial charge in [-0.25, -0.2) is 19.3 Å². The molecule has 2 aliphatic heterocycles. The van der Waals surface area contributed by atoms with Crippen molar-refractivity contribution in [1.29, 1.82) is 0 Å². The summed E-state index contributed by atoms with van der Waals surface area (Å²) in [5.41, 5.74) is 2.87. The summed E-state index contributed by atoms with van der Waals surface area (Å²) in [6.07, 6.45) is 6.57. The van der Waals surface area contributed by atoms with E-state index >= 15 is 0 Å². The zero-order chi connectivity index (χ0) is 22.8. The first-order valence-electron chi connectivity index (χ1n) is 11.2. The second kappa shape index (κ2) is 9.14. The highest BCUT2D eigenvalue weighted by atomic mass is 19.1. The first-order chi connectivity index (χ1) is 16.1. The number of aliphatic hydroxyl groups excluding tert-OH is 1. The molecule has 3 aromatic rings. The van der Waals surface area contributed by atoms with Crippen LogP contribution in [0.4, 0.5) is 21.8 Å². The molecule has 3 aromatic heterocycles. The molecule has 172 valence electrons. The molecule has 0 aliphatic carbocycles. The smallest absolute Gasteiger partial charge is 0.253 e. The molecule has 1 amide bonds. The van der Waals surface area contributed by atoms with Gasteiger partial charge in [0.2, 0.25) is 5.95 Å². The Hall–Kier alpha value is -3.53. The predicted octanol–water partition coefficient (Wildman–Crippen LogP) is 2.63. The number of carbonyl (C=O) groups is 1. The maximum atomic E-state index is 14.5. The quantitative estimate of drug-likeness (QED) is 0.455. The third-order valence-electron chi connectivity index (χ3n) is 6.31. The third kappa shape index (κ3) is 4.51. The molecule has 0 aromatic carbocycles. The average Bonchev–Trinajstić information content (AvgIpc) is 3.27. The molecular formula is C23H26FN7O2. The van der Waals surface area contributed by atoms with Gasteiger partial charge < -0.3 is 25.6 Å². The minimum atomic E-state index is -0.576. The lowest BCUT2D eigenvalue weighted by atomic mass is 9.94. The fourth-order valence-corrected chi connectivity index (χ4v) is 4.46. The van der Waals surface area contributed by atoms with Crippen molar-refractivity contribution in [1.82, 2.24) is 25.3 Å². The molecule has 1 fully saturated rings. The molecule has 0 atom stereocenters. The Labute approximate surface area is 190 Å². The normalized spacial score (nSPS) is 16.4. The molecule has 1 saturated heterocycles. The fraction of sp³-hybridized carbons (Fsp3) is 0.391. The van der Waals surface area contributed by atoms with E-state index in [2.05, 4.69) is 35.5 Å². The van der Waals surface area contributed by atoms with Crippen LogP contribution in [0.3, 0.4) is 0 Å². The molecule has 10 heteroatoms. The van der Waals surface area contributed by atoms with E-state index in [4.69, 9.17) is 5.11 Å². The second-order valence-corrected chi connectivity index (χ2v) is 8.44. The second-order valence-electron chi connectivity index (χ2n) is 8.44. The van der Waals surface area contributed by atoms with Crippen molar-refractivity contribution in [2.24, 2.45) is 5.92 Å². The van der Waals surface area contributed by atoms with Gasteiger partial charge in [-0.05, 0) is 43.4 Å². The molecule has 5 heterocycles. The molecule has 0 saturated carbocycles. The molecule has 33 heavy (non-hydrogen) atoms. The van der Waals surface area contributed by atoms with Crippen LogP contribution in [0.15, 0.2) is 30.6 Å². The lowest BCUT2D eigenvalue weighted by molar-refractivity contribution is 0.0946. The molecule has 0 bridgehead atoms. The Kier molecular flexibility index (Phi) is 5.91. The SMILES string of the molecule is O=C1NCCc2[nH]c(-c3nc(Nc4ccc(N5CCC(CCO)CC5)cn4)ncc3F)cc21. The van der Waals surface area contributed by atoms with Crippen molar-refractivity contribution < 1.29 is 14.3 Å². The van der Waals surface area contributed by atoms with E-state index < -0.39 is 5.82 Å². The Balaban J connectivity index is 1.29. The summed E-state index contributed by atoms with van der Waals surface area (Å²) < 4.78 is 14.5. The monoisotopic (exact) mass is 451 g/mol. The first kappa shape index (κ1) is 21.3. The predicted molar refractivity (Wildman–Crippen MR) is 122 cm³/mol. The highest BCUT2D eigenvalue weighted by molar-refractivity contribution is 5.97. The van der Waals surface area contributed by atoms with Crippen molar-refractivity contribution >= 4 is 23.4 Å². The van der Waals surface area contributed by atoms with E-state index in [9.17, 15) is 9.18 Å². The van der Waals surface area contributed by atoms with Crippen LogP contribution in [0.1, 0.15) is 35.3 Å². The summed E-state index contributed by atoms with van der Waals surface area (Å²) in [5, 5.41) is 14.9. The molecule has 0 radical (unpaired) electrons. The standard InChI is InChI=1S/C23H26FN7O2/c24-17-13-27-23(30-21(17)19-11-16-18(28-19)3-7-25-22(16)33)29-20-2-1-15(12-26-20)31-8-4-14(5-9-31)6-10-32/h1-2,11-14,28,32H,3-10H2,(H,25,33)(H,26,27,29,30). The number of H-pyrrole nitrogens is 1. The van der Waals surface area contributed by atoms with Crippen LogP contribution in [-0.4, -0.2) is 57.2 Å². The Morgan fingerprint density at radius 2 is 2.06 bits per heavy atom. The van der Waals surface area contributed by atoms with Crippen molar-refractivity contribution in [2.75, 3.05) is 36.5 Å². The van der Waals surface area contributed by atoms with Gasteiger partial charge in [0, 0.05) is 38.4 Å². The fourth-order valence-electron chi connectivity index (χ4n) is 4.46. The zero-order valence-electron chi connectivity index (χ0n) is 18.1. The first-order valence-corrected chi connectivity index (χ1v) is 11.2. The van der Waals surface area contributed by atoms with Gasteiger partial charge in [-0.3, -0.25) is 4.79 Å². The highest BCUT2D eigenvalue weighted by Crippen LogP contribution is 2.27. The third-order valence-corrected chi connectivity index (χ3v) is 6.31. The van der Waals surface area contributed by atoms with Gasteiger partial charge in [0.15, 0.2) is 5.82 Å². The Bertz CT molecular complexity index is 1140. The summed E-state index contributed by atoms with van der Waals surface area (Å²) in [5.74, 6) is 0.607. The molecule has 2 aliphatic rings. The van der Waals surface area contributed by atoms with E-state index in [1.54, 1.807) is 12.3 Å². The van der Waals surface area contributed by atoms with Gasteiger partial charge in [0.1, 0.15) is 11.5 Å². The summed E-state index contributed by atoms with van der Waals surface area (Å²) in [7, 11) is 0. The number of fused-ring (bicyclic) bond motifs is 1. The van der Waals surface area contributed by atoms with Crippen LogP contribution < -0.4 is 15.5 Å². The number of amides is 1. The Morgan fingerprint density at radius 1 is 1.21 bits per heavy atom. The number of hydrogen-bond donors (Lipinski definition) is 4. The summed E-state index contributed by atoms with van der Waals surface area (Å²) in [6, 6.07) is 5.46. The van der Waals surface area contributed by atoms with Gasteiger partial charge in [-0.15, -0.1) is 0 Å². The van der Waals surface area contributed by atoms with E-state index in [1.807, 2.05) is 12.1 Å². The maximum absolute atomic E-state index is 14.5. The number of halogens is 1. The van der Waals surface area contributed by atoms with Crippen molar-refractivity contribution in [3.05, 3.63) is 47.7 Å². The van der Waals surface area contributed by atoms with Crippen molar-refractivity contribution in [3.63, 3.8) is 0 Å². The summed E-state index contributed by atoms with van der Waals surface area (Å²) in [4.78, 5) is 30.2. The molecule has 4 N–H and O–H groups in total. The number of aliphatic hydroxyl groups is 1. The van der Waals surface area contributed by atoms with Crippen molar-refractivity contribution in [3.8, 4) is 11.4 Å². The van der Waals surface area contributed by atoms with Crippen molar-refractivity contribution in [2.45, 2.75) is 25.7 Å². The minimum Gasteiger partial charge on any atom is -0.396 e. The van der Waals surface area contributed by atoms with E-state index in [0.29, 0.717) is 36.0 Å². The van der Waals surface area contributed by atoms with E-state index in [1.165, 1.54) is 0 Å². The molecule has 5 rings (SSSR count). The molecule has 0 unspecified atom stereocenters. The van der Waals surface area contributed by atoms with Gasteiger partial charge in [0.05, 0.1) is 29.3 Å². The summed E-state index contributed by atoms with van der Waals surface area (Å²) >= 11 is 0. The number of nitrogens with one attached hydrogen (secondary N) is 3. The number of pyridine rings is 1. The van der Waals surface area contributed by atoms with E-state index in [0.717, 1.165) is 49.9 Å². The number of anilines is 3. The van der Waals surface area contributed by atoms with Crippen LogP contribution in [0.5, 0.6) is 0 Å². The molecular weight excluding hydrogens is 425 g/mol.